The monoisotopic (exact) mass is 333 g/mol. The zero-order chi connectivity index (χ0) is 16.8. The number of rotatable bonds is 7. The van der Waals surface area contributed by atoms with Crippen LogP contribution in [0.3, 0.4) is 0 Å². The molecule has 2 aromatic rings. The SMILES string of the molecule is CCCC(=O)c1ccc(OCc2ccccc2Cl)c([N+](=O)[O-])c1. The minimum absolute atomic E-state index is 0.114. The van der Waals surface area contributed by atoms with Gasteiger partial charge in [-0.25, -0.2) is 0 Å². The Bertz CT molecular complexity index is 730. The number of benzene rings is 2. The summed E-state index contributed by atoms with van der Waals surface area (Å²) in [6.45, 7) is 2.00. The van der Waals surface area contributed by atoms with E-state index in [0.717, 1.165) is 5.56 Å². The van der Waals surface area contributed by atoms with Crippen LogP contribution in [0.4, 0.5) is 5.69 Å². The fourth-order valence-electron chi connectivity index (χ4n) is 2.10. The smallest absolute Gasteiger partial charge is 0.311 e. The first kappa shape index (κ1) is 17.0. The lowest BCUT2D eigenvalue weighted by Gasteiger charge is -2.09. The summed E-state index contributed by atoms with van der Waals surface area (Å²) in [6.07, 6.45) is 1.05. The largest absolute Gasteiger partial charge is 0.482 e. The molecule has 6 heteroatoms. The highest BCUT2D eigenvalue weighted by molar-refractivity contribution is 6.31. The highest BCUT2D eigenvalue weighted by Crippen LogP contribution is 2.30. The Morgan fingerprint density at radius 2 is 2.00 bits per heavy atom. The molecule has 0 heterocycles. The normalized spacial score (nSPS) is 10.3. The summed E-state index contributed by atoms with van der Waals surface area (Å²) in [7, 11) is 0. The molecule has 0 unspecified atom stereocenters. The molecule has 5 nitrogen and oxygen atoms in total. The topological polar surface area (TPSA) is 69.4 Å². The maximum absolute atomic E-state index is 11.9. The van der Waals surface area contributed by atoms with Gasteiger partial charge in [-0.1, -0.05) is 36.7 Å². The van der Waals surface area contributed by atoms with Gasteiger partial charge in [0.2, 0.25) is 0 Å². The molecule has 0 bridgehead atoms. The third-order valence-electron chi connectivity index (χ3n) is 3.30. The summed E-state index contributed by atoms with van der Waals surface area (Å²) in [5.41, 5.74) is 0.831. The van der Waals surface area contributed by atoms with Crippen molar-refractivity contribution in [2.75, 3.05) is 0 Å². The number of nitro groups is 1. The van der Waals surface area contributed by atoms with Crippen molar-refractivity contribution in [2.24, 2.45) is 0 Å². The van der Waals surface area contributed by atoms with Crippen molar-refractivity contribution in [1.82, 2.24) is 0 Å². The molecular weight excluding hydrogens is 318 g/mol. The van der Waals surface area contributed by atoms with E-state index in [1.165, 1.54) is 12.1 Å². The third kappa shape index (κ3) is 4.29. The second-order valence-corrected chi connectivity index (χ2v) is 5.40. The highest BCUT2D eigenvalue weighted by Gasteiger charge is 2.18. The van der Waals surface area contributed by atoms with Crippen molar-refractivity contribution in [1.29, 1.82) is 0 Å². The van der Waals surface area contributed by atoms with E-state index >= 15 is 0 Å². The van der Waals surface area contributed by atoms with Gasteiger partial charge in [-0.3, -0.25) is 14.9 Å². The molecule has 0 radical (unpaired) electrons. The molecule has 0 aliphatic heterocycles. The summed E-state index contributed by atoms with van der Waals surface area (Å²) in [5.74, 6) is -0.00350. The quantitative estimate of drug-likeness (QED) is 0.414. The molecule has 0 saturated heterocycles. The van der Waals surface area contributed by atoms with Gasteiger partial charge in [0, 0.05) is 28.6 Å². The summed E-state index contributed by atoms with van der Waals surface area (Å²) < 4.78 is 5.52. The Balaban J connectivity index is 2.23. The second kappa shape index (κ2) is 7.74. The number of halogens is 1. The average molecular weight is 334 g/mol. The molecular formula is C17H16ClNO4. The molecule has 0 spiro atoms. The number of carbonyl (C=O) groups is 1. The number of ketones is 1. The standard InChI is InChI=1S/C17H16ClNO4/c1-2-5-16(20)12-8-9-17(15(10-12)19(21)22)23-11-13-6-3-4-7-14(13)18/h3-4,6-10H,2,5,11H2,1H3. The van der Waals surface area contributed by atoms with Crippen molar-refractivity contribution in [3.63, 3.8) is 0 Å². The van der Waals surface area contributed by atoms with Crippen molar-refractivity contribution in [2.45, 2.75) is 26.4 Å². The number of hydrogen-bond acceptors (Lipinski definition) is 4. The molecule has 2 rings (SSSR count). The van der Waals surface area contributed by atoms with Gasteiger partial charge in [0.1, 0.15) is 6.61 Å². The van der Waals surface area contributed by atoms with E-state index in [1.54, 1.807) is 24.3 Å². The molecule has 0 atom stereocenters. The van der Waals surface area contributed by atoms with Crippen LogP contribution in [-0.2, 0) is 6.61 Å². The molecule has 23 heavy (non-hydrogen) atoms. The van der Waals surface area contributed by atoms with Crippen LogP contribution < -0.4 is 4.74 Å². The van der Waals surface area contributed by atoms with E-state index in [-0.39, 0.29) is 23.8 Å². The lowest BCUT2D eigenvalue weighted by atomic mass is 10.1. The molecule has 2 aromatic carbocycles. The first-order valence-electron chi connectivity index (χ1n) is 7.20. The number of hydrogen-bond donors (Lipinski definition) is 0. The lowest BCUT2D eigenvalue weighted by molar-refractivity contribution is -0.386. The Morgan fingerprint density at radius 3 is 2.65 bits per heavy atom. The van der Waals surface area contributed by atoms with Gasteiger partial charge in [0.15, 0.2) is 11.5 Å². The number of ether oxygens (including phenoxy) is 1. The van der Waals surface area contributed by atoms with Crippen LogP contribution in [-0.4, -0.2) is 10.7 Å². The number of nitro benzene ring substituents is 1. The predicted molar refractivity (Wildman–Crippen MR) is 88.1 cm³/mol. The first-order valence-corrected chi connectivity index (χ1v) is 7.58. The van der Waals surface area contributed by atoms with Gasteiger partial charge < -0.3 is 4.74 Å². The Hall–Kier alpha value is -2.40. The van der Waals surface area contributed by atoms with E-state index in [0.29, 0.717) is 23.4 Å². The highest BCUT2D eigenvalue weighted by atomic mass is 35.5. The van der Waals surface area contributed by atoms with Crippen LogP contribution in [0.1, 0.15) is 35.7 Å². The zero-order valence-electron chi connectivity index (χ0n) is 12.6. The maximum Gasteiger partial charge on any atom is 0.311 e. The minimum Gasteiger partial charge on any atom is -0.482 e. The summed E-state index contributed by atoms with van der Waals surface area (Å²) in [6, 6.07) is 11.4. The second-order valence-electron chi connectivity index (χ2n) is 4.99. The van der Waals surface area contributed by atoms with E-state index in [2.05, 4.69) is 0 Å². The predicted octanol–water partition coefficient (Wildman–Crippen LogP) is 4.81. The Labute approximate surface area is 139 Å². The lowest BCUT2D eigenvalue weighted by Crippen LogP contribution is -2.03. The van der Waals surface area contributed by atoms with Crippen LogP contribution >= 0.6 is 11.6 Å². The van der Waals surface area contributed by atoms with Gasteiger partial charge in [0.05, 0.1) is 4.92 Å². The third-order valence-corrected chi connectivity index (χ3v) is 3.66. The molecule has 0 aromatic heterocycles. The van der Waals surface area contributed by atoms with Crippen LogP contribution in [0.15, 0.2) is 42.5 Å². The average Bonchev–Trinajstić information content (AvgIpc) is 2.54. The fourth-order valence-corrected chi connectivity index (χ4v) is 2.29. The molecule has 0 aliphatic rings. The molecule has 0 amide bonds. The van der Waals surface area contributed by atoms with Crippen molar-refractivity contribution < 1.29 is 14.5 Å². The van der Waals surface area contributed by atoms with E-state index < -0.39 is 4.92 Å². The summed E-state index contributed by atoms with van der Waals surface area (Å²) >= 11 is 6.04. The number of carbonyl (C=O) groups excluding carboxylic acids is 1. The van der Waals surface area contributed by atoms with Gasteiger partial charge in [-0.05, 0) is 24.6 Å². The summed E-state index contributed by atoms with van der Waals surface area (Å²) in [5, 5.41) is 11.8. The van der Waals surface area contributed by atoms with Gasteiger partial charge >= 0.3 is 5.69 Å². The van der Waals surface area contributed by atoms with Crippen molar-refractivity contribution in [3.05, 3.63) is 68.7 Å². The van der Waals surface area contributed by atoms with E-state index in [1.807, 2.05) is 13.0 Å². The van der Waals surface area contributed by atoms with Gasteiger partial charge in [-0.2, -0.15) is 0 Å². The van der Waals surface area contributed by atoms with Crippen LogP contribution in [0.2, 0.25) is 5.02 Å². The minimum atomic E-state index is -0.551. The number of Topliss-reactive ketones (excluding diaryl/α,β-unsaturated/α-hetero) is 1. The van der Waals surface area contributed by atoms with Crippen LogP contribution in [0.25, 0.3) is 0 Å². The molecule has 0 fully saturated rings. The molecule has 0 N–H and O–H groups in total. The first-order chi connectivity index (χ1) is 11.0. The zero-order valence-corrected chi connectivity index (χ0v) is 13.4. The van der Waals surface area contributed by atoms with Crippen molar-refractivity contribution >= 4 is 23.1 Å². The Kier molecular flexibility index (Phi) is 5.71. The summed E-state index contributed by atoms with van der Waals surface area (Å²) in [4.78, 5) is 22.5. The number of nitrogens with zero attached hydrogens (tertiary/aromatic N) is 1. The van der Waals surface area contributed by atoms with Crippen molar-refractivity contribution in [3.8, 4) is 5.75 Å². The Morgan fingerprint density at radius 1 is 1.26 bits per heavy atom. The van der Waals surface area contributed by atoms with Crippen LogP contribution in [0.5, 0.6) is 5.75 Å². The maximum atomic E-state index is 11.9. The van der Waals surface area contributed by atoms with Crippen LogP contribution in [0, 0.1) is 10.1 Å². The van der Waals surface area contributed by atoms with Gasteiger partial charge in [0.25, 0.3) is 0 Å². The molecule has 0 saturated carbocycles. The van der Waals surface area contributed by atoms with E-state index in [4.69, 9.17) is 16.3 Å². The molecule has 120 valence electrons. The fraction of sp³-hybridized carbons (Fsp3) is 0.235. The molecule has 0 aliphatic carbocycles. The van der Waals surface area contributed by atoms with Gasteiger partial charge in [-0.15, -0.1) is 0 Å². The van der Waals surface area contributed by atoms with E-state index in [9.17, 15) is 14.9 Å².